The molecule has 0 bridgehead atoms. The molecule has 80 heavy (non-hydrogen) atoms. The van der Waals surface area contributed by atoms with Crippen molar-refractivity contribution in [3.05, 3.63) is 0 Å². The van der Waals surface area contributed by atoms with Crippen molar-refractivity contribution in [2.75, 3.05) is 0 Å². The van der Waals surface area contributed by atoms with Gasteiger partial charge in [0.2, 0.25) is 0 Å². The number of carbonyl (C=O) groups is 13. The van der Waals surface area contributed by atoms with E-state index in [1.165, 1.54) is 0 Å². The third kappa shape index (κ3) is 917000000. The van der Waals surface area contributed by atoms with Gasteiger partial charge in [0.05, 0.1) is 0 Å². The molecule has 52 nitrogen and oxygen atoms in total. The minimum absolute atomic E-state index is 0. The molecule has 0 aromatic heterocycles. The summed E-state index contributed by atoms with van der Waals surface area (Å²) in [4.78, 5) is 108. The van der Waals surface area contributed by atoms with E-state index in [-0.39, 0.29) is 381 Å². The van der Waals surface area contributed by atoms with Crippen LogP contribution in [-0.2, 0) is 117 Å². The maximum absolute atomic E-state index is 8.33. The van der Waals surface area contributed by atoms with Crippen LogP contribution in [0.3, 0.4) is 0 Å². The Labute approximate surface area is 647 Å². The first-order valence-corrected chi connectivity index (χ1v) is 7.96. The molecule has 0 unspecified atom stereocenters. The maximum Gasteiger partial charge on any atom is 4.00 e. The fourth-order valence-electron chi connectivity index (χ4n) is 0. The molecule has 0 aromatic carbocycles. The molecule has 0 saturated carbocycles. The molecule has 0 fully saturated rings. The van der Waals surface area contributed by atoms with Crippen LogP contribution < -0.4 is 133 Å². The van der Waals surface area contributed by atoms with Crippen molar-refractivity contribution in [1.82, 2.24) is 0 Å². The van der Waals surface area contributed by atoms with Gasteiger partial charge in [-0.1, -0.05) is 0 Å². The van der Waals surface area contributed by atoms with Crippen molar-refractivity contribution >= 4 is 273 Å². The SMILES string of the molecule is O=C([O-])[O-].O=C([O-])[O-].O=C([O-])[O-].O=C([O-])[O-].O=C([O-])[O-].O=C([O-])[O-].O=C([O-])[O-].O=C([O-])[O-].O=C([O-])[O-].O=C([O-])[O-].O=C([O-])[O-].O=C([O-])[O-].O=C([O-])[O-].[Al+3].[Al+3].[Al+3].[Mg+2].[Mg+2].[Mg+2].[OH-].[OH-].[OH-].[OH-].[OH-].[OH-].[OH-].[OH-].[OH-].[OH-].[OH-].[OH-].[OH-].[Sn+4].[Sn+4].[Sn+4].[Zn+2].[Zn+2].[Zn+2].[Zn+2].[Zn+2].[Zn+2]. The van der Waals surface area contributed by atoms with Crippen LogP contribution in [0.4, 0.5) is 62.3 Å². The standard InChI is InChI=1S/13CH2O3.3Al.3Mg.13H2O.3Sn.6Zn/c13*2-1(3)4;;;;;;;;;;;;;;;;;;;;;;;;;;;;/h13*(H2,2,3,4);;;;;;;13*1H2;;;;;;;;;/q;;;;;;;;;;;;;3*+3;3*+2;;;;;;;;;;;;;;3*+4;6*+2/p-39. The molecule has 0 spiro atoms. The number of carboxylic acid groups (broad SMARTS) is 26. The summed E-state index contributed by atoms with van der Waals surface area (Å²) in [6.45, 7) is 0. The van der Waals surface area contributed by atoms with Crippen molar-refractivity contribution in [3.63, 3.8) is 0 Å². The zero-order valence-electron chi connectivity index (χ0n) is 37.8. The molecule has 0 rings (SSSR count). The van der Waals surface area contributed by atoms with Crippen molar-refractivity contribution in [2.24, 2.45) is 0 Å². The minimum atomic E-state index is -2.33. The van der Waals surface area contributed by atoms with Gasteiger partial charge in [0.1, 0.15) is 0 Å². The summed E-state index contributed by atoms with van der Waals surface area (Å²) < 4.78 is 0. The molecule has 0 atom stereocenters. The first kappa shape index (κ1) is 328. The van der Waals surface area contributed by atoms with Crippen LogP contribution in [0.5, 0.6) is 0 Å². The zero-order valence-corrected chi connectivity index (χ0v) is 71.9. The number of rotatable bonds is 0. The van der Waals surface area contributed by atoms with E-state index in [0.717, 1.165) is 0 Å². The second-order valence-electron chi connectivity index (χ2n) is 3.25. The number of carbonyl (C=O) groups excluding carboxylic acids is 13. The van der Waals surface area contributed by atoms with Gasteiger partial charge in [0.15, 0.2) is 0 Å². The molecule has 0 heterocycles. The van der Waals surface area contributed by atoms with Gasteiger partial charge in [-0.2, -0.15) is 0 Å². The van der Waals surface area contributed by atoms with E-state index < -0.39 is 80.0 Å². The molecule has 0 radical (unpaired) electrons. The Kier molecular flexibility index (Phi) is 1300. The molecule has 13 N–H and O–H groups in total. The van der Waals surface area contributed by atoms with Crippen molar-refractivity contribution in [1.29, 1.82) is 0 Å². The topological polar surface area (TPSA) is 1210 Å². The van der Waals surface area contributed by atoms with Gasteiger partial charge in [-0.05, 0) is 80.0 Å². The van der Waals surface area contributed by atoms with Crippen LogP contribution in [-0.4, -0.2) is 344 Å². The van der Waals surface area contributed by atoms with Gasteiger partial charge >= 0.3 is 310 Å². The third-order valence-corrected chi connectivity index (χ3v) is 0. The van der Waals surface area contributed by atoms with Gasteiger partial charge in [-0.15, -0.1) is 0 Å². The van der Waals surface area contributed by atoms with Crippen LogP contribution in [0.1, 0.15) is 0 Å². The van der Waals surface area contributed by atoms with Gasteiger partial charge in [-0.3, -0.25) is 0 Å². The molecule has 67 heteroatoms. The minimum Gasteiger partial charge on any atom is -0.870 e. The zero-order chi connectivity index (χ0) is 46.5. The fraction of sp³-hybridized carbons (Fsp3) is 0. The van der Waals surface area contributed by atoms with Crippen LogP contribution >= 0.6 is 0 Å². The first-order chi connectivity index (χ1) is 22.5. The second kappa shape index (κ2) is 316. The quantitative estimate of drug-likeness (QED) is 0.203. The fourth-order valence-corrected chi connectivity index (χ4v) is 0. The molecule has 416 valence electrons. The average molecular weight is 1900 g/mol. The largest absolute Gasteiger partial charge is 4.00 e. The molecular weight excluding hydrogens is 1890 g/mol. The predicted octanol–water partition coefficient (Wildman–Crippen LogP) is -37.6. The Morgan fingerprint density at radius 1 is 0.138 bits per heavy atom. The Bertz CT molecular complexity index is 719. The smallest absolute Gasteiger partial charge is 0.870 e. The summed E-state index contributed by atoms with van der Waals surface area (Å²) >= 11 is 0. The van der Waals surface area contributed by atoms with Gasteiger partial charge in [-0.25, -0.2) is 0 Å². The average Bonchev–Trinajstić information content (AvgIpc) is 2.67. The Morgan fingerprint density at radius 3 is 0.138 bits per heavy atom. The summed E-state index contributed by atoms with van der Waals surface area (Å²) in [5, 5.41) is 217. The molecule has 0 aliphatic carbocycles. The van der Waals surface area contributed by atoms with Gasteiger partial charge < -0.3 is 266 Å². The summed E-state index contributed by atoms with van der Waals surface area (Å²) in [5.74, 6) is 0. The van der Waals surface area contributed by atoms with Crippen molar-refractivity contribution in [3.8, 4) is 0 Å². The van der Waals surface area contributed by atoms with E-state index in [9.17, 15) is 0 Å². The second-order valence-corrected chi connectivity index (χ2v) is 3.25. The third-order valence-electron chi connectivity index (χ3n) is 0. The van der Waals surface area contributed by atoms with Crippen LogP contribution in [0, 0.1) is 0 Å². The summed E-state index contributed by atoms with van der Waals surface area (Å²) in [6.07, 6.45) is -30.3. The van der Waals surface area contributed by atoms with E-state index in [1.807, 2.05) is 0 Å². The van der Waals surface area contributed by atoms with Crippen LogP contribution in [0.2, 0.25) is 0 Å². The normalized spacial score (nSPS) is 3.90. The summed E-state index contributed by atoms with van der Waals surface area (Å²) in [7, 11) is 0. The van der Waals surface area contributed by atoms with E-state index in [4.69, 9.17) is 195 Å². The van der Waals surface area contributed by atoms with Gasteiger partial charge in [0.25, 0.3) is 0 Å². The van der Waals surface area contributed by atoms with Crippen LogP contribution in [0.15, 0.2) is 0 Å². The van der Waals surface area contributed by atoms with Crippen LogP contribution in [0.25, 0.3) is 0 Å². The number of hydrogen-bond acceptors (Lipinski definition) is 52. The molecule has 0 aliphatic heterocycles. The Hall–Kier alpha value is 0.0225. The Balaban J connectivity index is -0.00000000513. The molecular formula is C13H13Al3Mg3O52Sn3Zn6. The Morgan fingerprint density at radius 2 is 0.138 bits per heavy atom. The molecule has 0 amide bonds. The number of hydrogen-bond donors (Lipinski definition) is 0. The first-order valence-electron chi connectivity index (χ1n) is 7.96. The predicted molar refractivity (Wildman–Crippen MR) is 147 cm³/mol. The summed E-state index contributed by atoms with van der Waals surface area (Å²) in [5.41, 5.74) is 0. The van der Waals surface area contributed by atoms with E-state index in [0.29, 0.717) is 0 Å². The van der Waals surface area contributed by atoms with Crippen molar-refractivity contribution < 1.29 is 383 Å². The van der Waals surface area contributed by atoms with Crippen molar-refractivity contribution in [2.45, 2.75) is 0 Å². The molecule has 0 saturated heterocycles. The van der Waals surface area contributed by atoms with E-state index in [1.54, 1.807) is 0 Å². The van der Waals surface area contributed by atoms with E-state index >= 15 is 0 Å². The maximum atomic E-state index is 8.33. The summed E-state index contributed by atoms with van der Waals surface area (Å²) in [6, 6.07) is 0. The molecule has 0 aromatic rings. The van der Waals surface area contributed by atoms with Gasteiger partial charge in [0, 0.05) is 0 Å². The van der Waals surface area contributed by atoms with E-state index in [2.05, 4.69) is 0 Å². The molecule has 0 aliphatic rings. The monoisotopic (exact) mass is 1900 g/mol.